The Morgan fingerprint density at radius 3 is 1.47 bits per heavy atom. The number of hydrogen-bond donors (Lipinski definition) is 2. The van der Waals surface area contributed by atoms with Crippen LogP contribution in [0.2, 0.25) is 0 Å². The molecule has 0 aromatic heterocycles. The van der Waals surface area contributed by atoms with E-state index in [4.69, 9.17) is 5.73 Å². The number of thiocarbonyl (C=S) groups is 1. The fraction of sp³-hybridized carbons (Fsp3) is 0.308. The molecule has 2 N–H and O–H groups in total. The maximum Gasteiger partial charge on any atom is 0.128 e. The van der Waals surface area contributed by atoms with Crippen LogP contribution >= 0.6 is 24.8 Å². The van der Waals surface area contributed by atoms with E-state index >= 15 is 0 Å². The van der Waals surface area contributed by atoms with Gasteiger partial charge in [-0.25, -0.2) is 0 Å². The molecule has 0 saturated carbocycles. The Balaban J connectivity index is -0.0000000690. The van der Waals surface area contributed by atoms with Gasteiger partial charge in [0.15, 0.2) is 0 Å². The summed E-state index contributed by atoms with van der Waals surface area (Å²) >= 11 is 7.65. The standard InChI is InChI=1S/C6H5.2C3H7.CH3NS2.Zn/c1-2-4-6-5-3-1;2*1-3-2;2-1(3)4;/h1-5H;2*1,3H2,2H3;(H3,2,3,4);/q3*-1;;. The fourth-order valence-electron chi connectivity index (χ4n) is 0.342. The number of nitrogens with two attached hydrogens (primary N) is 1. The number of benzene rings is 1. The van der Waals surface area contributed by atoms with E-state index in [9.17, 15) is 0 Å². The monoisotopic (exact) mass is 320 g/mol. The van der Waals surface area contributed by atoms with Crippen molar-refractivity contribution < 1.29 is 19.5 Å². The average molecular weight is 322 g/mol. The summed E-state index contributed by atoms with van der Waals surface area (Å²) in [5.41, 5.74) is 4.71. The third-order valence-corrected chi connectivity index (χ3v) is 0.607. The third-order valence-electron chi connectivity index (χ3n) is 0.607. The van der Waals surface area contributed by atoms with Crippen LogP contribution in [0.3, 0.4) is 0 Å². The van der Waals surface area contributed by atoms with Gasteiger partial charge in [0, 0.05) is 19.5 Å². The van der Waals surface area contributed by atoms with Gasteiger partial charge in [0.25, 0.3) is 0 Å². The molecular weight excluding hydrogens is 300 g/mol. The molecule has 1 aromatic carbocycles. The Morgan fingerprint density at radius 1 is 1.18 bits per heavy atom. The summed E-state index contributed by atoms with van der Waals surface area (Å²) in [7, 11) is 0. The largest absolute Gasteiger partial charge is 0.385 e. The van der Waals surface area contributed by atoms with Crippen molar-refractivity contribution >= 4 is 29.2 Å². The van der Waals surface area contributed by atoms with E-state index in [-0.39, 0.29) is 23.8 Å². The second-order valence-electron chi connectivity index (χ2n) is 2.42. The molecule has 17 heavy (non-hydrogen) atoms. The van der Waals surface area contributed by atoms with Crippen LogP contribution in [0, 0.1) is 19.9 Å². The zero-order valence-corrected chi connectivity index (χ0v) is 15.5. The summed E-state index contributed by atoms with van der Waals surface area (Å²) in [4.78, 5) is 0. The Kier molecular flexibility index (Phi) is 45.2. The van der Waals surface area contributed by atoms with E-state index in [2.05, 4.69) is 44.8 Å². The van der Waals surface area contributed by atoms with E-state index in [1.54, 1.807) is 0 Å². The van der Waals surface area contributed by atoms with Crippen LogP contribution < -0.4 is 5.73 Å². The van der Waals surface area contributed by atoms with Crippen LogP contribution in [0.4, 0.5) is 0 Å². The molecule has 0 saturated heterocycles. The summed E-state index contributed by atoms with van der Waals surface area (Å²) in [5.74, 6) is 0. The molecule has 4 heteroatoms. The molecule has 0 aliphatic rings. The molecule has 96 valence electrons. The zero-order chi connectivity index (χ0) is 13.2. The SMILES string of the molecule is NC(=S)S.[CH2-]CC.[CH2-]CC.[Zn].[c-]1ccccc1. The average Bonchev–Trinajstić information content (AvgIpc) is 2.22. The maximum absolute atomic E-state index is 4.71. The minimum Gasteiger partial charge on any atom is -0.385 e. The first kappa shape index (κ1) is 25.8. The van der Waals surface area contributed by atoms with Crippen molar-refractivity contribution in [1.29, 1.82) is 0 Å². The van der Waals surface area contributed by atoms with E-state index in [0.717, 1.165) is 12.8 Å². The molecule has 0 radical (unpaired) electrons. The molecular formula is C13H22NS2Zn-3. The van der Waals surface area contributed by atoms with Crippen molar-refractivity contribution in [2.75, 3.05) is 0 Å². The molecule has 1 rings (SSSR count). The van der Waals surface area contributed by atoms with Crippen LogP contribution in [0.5, 0.6) is 0 Å². The van der Waals surface area contributed by atoms with Crippen LogP contribution in [0.15, 0.2) is 30.3 Å². The predicted molar refractivity (Wildman–Crippen MR) is 82.3 cm³/mol. The van der Waals surface area contributed by atoms with Gasteiger partial charge < -0.3 is 19.6 Å². The van der Waals surface area contributed by atoms with Crippen molar-refractivity contribution in [3.05, 3.63) is 50.2 Å². The van der Waals surface area contributed by atoms with Gasteiger partial charge in [0.1, 0.15) is 4.32 Å². The minimum atomic E-state index is 0. The number of thiol groups is 1. The summed E-state index contributed by atoms with van der Waals surface area (Å²) in [6, 6.07) is 12.5. The van der Waals surface area contributed by atoms with Crippen LogP contribution in [0.1, 0.15) is 26.7 Å². The van der Waals surface area contributed by atoms with Crippen LogP contribution in [-0.4, -0.2) is 4.32 Å². The van der Waals surface area contributed by atoms with Gasteiger partial charge in [-0.05, 0) is 0 Å². The minimum absolute atomic E-state index is 0. The van der Waals surface area contributed by atoms with Gasteiger partial charge >= 0.3 is 0 Å². The van der Waals surface area contributed by atoms with E-state index in [1.165, 1.54) is 0 Å². The van der Waals surface area contributed by atoms with Crippen LogP contribution in [-0.2, 0) is 19.5 Å². The van der Waals surface area contributed by atoms with Gasteiger partial charge in [-0.1, -0.05) is 26.1 Å². The molecule has 0 amide bonds. The molecule has 0 aliphatic heterocycles. The van der Waals surface area contributed by atoms with Crippen molar-refractivity contribution in [2.45, 2.75) is 26.7 Å². The second-order valence-corrected chi connectivity index (χ2v) is 3.64. The van der Waals surface area contributed by atoms with E-state index in [0.29, 0.717) is 0 Å². The van der Waals surface area contributed by atoms with Crippen molar-refractivity contribution in [1.82, 2.24) is 0 Å². The van der Waals surface area contributed by atoms with Crippen molar-refractivity contribution in [3.8, 4) is 0 Å². The summed E-state index contributed by atoms with van der Waals surface area (Å²) in [5, 5.41) is 0. The van der Waals surface area contributed by atoms with E-state index in [1.807, 2.05) is 44.2 Å². The van der Waals surface area contributed by atoms with Gasteiger partial charge in [0.05, 0.1) is 0 Å². The van der Waals surface area contributed by atoms with Crippen molar-refractivity contribution in [2.24, 2.45) is 5.73 Å². The van der Waals surface area contributed by atoms with Gasteiger partial charge in [-0.2, -0.15) is 49.2 Å². The molecule has 0 fully saturated rings. The normalized spacial score (nSPS) is 6.41. The first-order valence-corrected chi connectivity index (χ1v) is 5.90. The maximum atomic E-state index is 4.71. The van der Waals surface area contributed by atoms with Gasteiger partial charge in [-0.15, -0.1) is 12.6 Å². The molecule has 1 aromatic rings. The van der Waals surface area contributed by atoms with Gasteiger partial charge in [0.2, 0.25) is 0 Å². The summed E-state index contributed by atoms with van der Waals surface area (Å²) in [6.45, 7) is 11.0. The Morgan fingerprint density at radius 2 is 1.41 bits per heavy atom. The smallest absolute Gasteiger partial charge is 0.128 e. The van der Waals surface area contributed by atoms with Crippen LogP contribution in [0.25, 0.3) is 0 Å². The van der Waals surface area contributed by atoms with E-state index < -0.39 is 0 Å². The Bertz CT molecular complexity index is 173. The number of hydrogen-bond acceptors (Lipinski definition) is 1. The van der Waals surface area contributed by atoms with Gasteiger partial charge in [-0.3, -0.25) is 0 Å². The van der Waals surface area contributed by atoms with Crippen molar-refractivity contribution in [3.63, 3.8) is 0 Å². The molecule has 0 unspecified atom stereocenters. The Labute approximate surface area is 131 Å². The first-order valence-electron chi connectivity index (χ1n) is 5.04. The first-order chi connectivity index (χ1) is 7.56. The molecule has 0 spiro atoms. The third kappa shape index (κ3) is 86.2. The molecule has 0 aliphatic carbocycles. The summed E-state index contributed by atoms with van der Waals surface area (Å²) in [6.07, 6.45) is 2.00. The summed E-state index contributed by atoms with van der Waals surface area (Å²) < 4.78 is 0.194. The molecule has 0 bridgehead atoms. The molecule has 1 nitrogen and oxygen atoms in total. The molecule has 0 atom stereocenters. The Hall–Kier alpha value is 0.0834. The zero-order valence-electron chi connectivity index (χ0n) is 10.9. The quantitative estimate of drug-likeness (QED) is 0.325. The topological polar surface area (TPSA) is 26.0 Å². The fourth-order valence-corrected chi connectivity index (χ4v) is 0.342. The number of rotatable bonds is 0. The second kappa shape index (κ2) is 29.8. The molecule has 0 heterocycles. The predicted octanol–water partition coefficient (Wildman–Crippen LogP) is 4.11.